The highest BCUT2D eigenvalue weighted by Crippen LogP contribution is 2.44. The zero-order chi connectivity index (χ0) is 15.7. The maximum Gasteiger partial charge on any atom is 0.251 e. The van der Waals surface area contributed by atoms with Gasteiger partial charge in [-0.2, -0.15) is 0 Å². The number of rotatable bonds is 3. The number of halogens is 2. The van der Waals surface area contributed by atoms with Gasteiger partial charge in [-0.3, -0.25) is 4.79 Å². The van der Waals surface area contributed by atoms with Crippen molar-refractivity contribution >= 4 is 21.8 Å². The summed E-state index contributed by atoms with van der Waals surface area (Å²) in [6.45, 7) is 0. The lowest BCUT2D eigenvalue weighted by Crippen LogP contribution is -2.70. The van der Waals surface area contributed by atoms with Crippen LogP contribution in [0.25, 0.3) is 0 Å². The first-order valence-electron chi connectivity index (χ1n) is 7.07. The number of alkyl halides is 1. The number of nitrogens with two attached hydrogens (primary N) is 1. The molecule has 1 saturated carbocycles. The number of hydrogen-bond donors (Lipinski definition) is 2. The Bertz CT molecular complexity index is 694. The van der Waals surface area contributed by atoms with Gasteiger partial charge in [-0.25, -0.2) is 4.39 Å². The smallest absolute Gasteiger partial charge is 0.251 e. The molecule has 1 aliphatic carbocycles. The molecular formula is C17H16BrFN2O. The van der Waals surface area contributed by atoms with Gasteiger partial charge in [0.25, 0.3) is 5.91 Å². The summed E-state index contributed by atoms with van der Waals surface area (Å²) in [7, 11) is 0. The van der Waals surface area contributed by atoms with Crippen molar-refractivity contribution < 1.29 is 9.18 Å². The topological polar surface area (TPSA) is 55.1 Å². The van der Waals surface area contributed by atoms with Gasteiger partial charge in [0, 0.05) is 16.5 Å². The third-order valence-electron chi connectivity index (χ3n) is 4.22. The SMILES string of the molecule is N[C@@]1(c2ccccc2Br)C(F)C[C@@H]1NC(=O)c1ccccc1. The second kappa shape index (κ2) is 5.82. The standard InChI is InChI=1S/C17H16BrFN2O/c18-13-9-5-4-8-12(13)17(20)14(19)10-15(17)21-16(22)11-6-2-1-3-7-11/h1-9,14-15H,10,20H2,(H,21,22)/t14?,15-,17-/m0/s1. The zero-order valence-electron chi connectivity index (χ0n) is 11.8. The third kappa shape index (κ3) is 2.44. The van der Waals surface area contributed by atoms with Crippen LogP contribution in [-0.4, -0.2) is 18.1 Å². The van der Waals surface area contributed by atoms with E-state index < -0.39 is 17.8 Å². The molecule has 2 aromatic carbocycles. The van der Waals surface area contributed by atoms with Crippen molar-refractivity contribution in [2.75, 3.05) is 0 Å². The van der Waals surface area contributed by atoms with Gasteiger partial charge in [0.05, 0.1) is 11.6 Å². The summed E-state index contributed by atoms with van der Waals surface area (Å²) in [5, 5.41) is 2.85. The predicted octanol–water partition coefficient (Wildman–Crippen LogP) is 3.14. The molecule has 22 heavy (non-hydrogen) atoms. The lowest BCUT2D eigenvalue weighted by Gasteiger charge is -2.50. The zero-order valence-corrected chi connectivity index (χ0v) is 13.4. The van der Waals surface area contributed by atoms with Crippen LogP contribution in [0.5, 0.6) is 0 Å². The van der Waals surface area contributed by atoms with Crippen molar-refractivity contribution in [1.82, 2.24) is 5.32 Å². The van der Waals surface area contributed by atoms with Crippen LogP contribution in [-0.2, 0) is 5.54 Å². The van der Waals surface area contributed by atoms with E-state index in [-0.39, 0.29) is 12.3 Å². The molecule has 0 bridgehead atoms. The highest BCUT2D eigenvalue weighted by Gasteiger charge is 2.55. The first-order valence-corrected chi connectivity index (χ1v) is 7.86. The molecule has 114 valence electrons. The van der Waals surface area contributed by atoms with Crippen LogP contribution in [0.3, 0.4) is 0 Å². The molecule has 0 aliphatic heterocycles. The lowest BCUT2D eigenvalue weighted by atomic mass is 9.66. The Labute approximate surface area is 136 Å². The first-order chi connectivity index (χ1) is 10.5. The molecule has 1 unspecified atom stereocenters. The number of amides is 1. The summed E-state index contributed by atoms with van der Waals surface area (Å²) in [5.74, 6) is -0.237. The highest BCUT2D eigenvalue weighted by atomic mass is 79.9. The maximum atomic E-state index is 14.2. The Morgan fingerprint density at radius 1 is 1.18 bits per heavy atom. The summed E-state index contributed by atoms with van der Waals surface area (Å²) in [4.78, 5) is 12.3. The summed E-state index contributed by atoms with van der Waals surface area (Å²) in [6, 6.07) is 15.7. The maximum absolute atomic E-state index is 14.2. The van der Waals surface area contributed by atoms with Crippen LogP contribution < -0.4 is 11.1 Å². The van der Waals surface area contributed by atoms with Gasteiger partial charge in [-0.05, 0) is 23.8 Å². The van der Waals surface area contributed by atoms with Crippen LogP contribution in [0.2, 0.25) is 0 Å². The lowest BCUT2D eigenvalue weighted by molar-refractivity contribution is 0.0257. The molecule has 0 spiro atoms. The van der Waals surface area contributed by atoms with Crippen LogP contribution in [0.1, 0.15) is 22.3 Å². The van der Waals surface area contributed by atoms with Gasteiger partial charge >= 0.3 is 0 Å². The Balaban J connectivity index is 1.84. The fourth-order valence-corrected chi connectivity index (χ4v) is 3.46. The van der Waals surface area contributed by atoms with Crippen molar-refractivity contribution in [3.8, 4) is 0 Å². The average molecular weight is 363 g/mol. The number of carbonyl (C=O) groups excluding carboxylic acids is 1. The highest BCUT2D eigenvalue weighted by molar-refractivity contribution is 9.10. The molecule has 5 heteroatoms. The number of carbonyl (C=O) groups is 1. The van der Waals surface area contributed by atoms with Gasteiger partial charge in [0.15, 0.2) is 0 Å². The minimum atomic E-state index is -1.20. The number of benzene rings is 2. The number of hydrogen-bond acceptors (Lipinski definition) is 2. The fourth-order valence-electron chi connectivity index (χ4n) is 2.83. The molecule has 0 aromatic heterocycles. The van der Waals surface area contributed by atoms with E-state index in [1.54, 1.807) is 30.3 Å². The van der Waals surface area contributed by atoms with E-state index in [1.807, 2.05) is 24.3 Å². The quantitative estimate of drug-likeness (QED) is 0.880. The molecule has 2 aromatic rings. The van der Waals surface area contributed by atoms with Gasteiger partial charge in [-0.15, -0.1) is 0 Å². The van der Waals surface area contributed by atoms with Crippen molar-refractivity contribution in [3.63, 3.8) is 0 Å². The first kappa shape index (κ1) is 15.2. The molecule has 0 radical (unpaired) electrons. The average Bonchev–Trinajstić information content (AvgIpc) is 2.55. The summed E-state index contributed by atoms with van der Waals surface area (Å²) >= 11 is 3.41. The van der Waals surface area contributed by atoms with E-state index in [4.69, 9.17) is 5.73 Å². The summed E-state index contributed by atoms with van der Waals surface area (Å²) in [5.41, 5.74) is 6.33. The normalized spacial score (nSPS) is 27.0. The third-order valence-corrected chi connectivity index (χ3v) is 4.91. The van der Waals surface area contributed by atoms with E-state index in [2.05, 4.69) is 21.2 Å². The van der Waals surface area contributed by atoms with Gasteiger partial charge in [0.1, 0.15) is 6.17 Å². The monoisotopic (exact) mass is 362 g/mol. The molecule has 0 saturated heterocycles. The molecular weight excluding hydrogens is 347 g/mol. The second-order valence-electron chi connectivity index (χ2n) is 5.51. The van der Waals surface area contributed by atoms with Crippen molar-refractivity contribution in [3.05, 3.63) is 70.2 Å². The van der Waals surface area contributed by atoms with E-state index in [1.165, 1.54) is 0 Å². The fraction of sp³-hybridized carbons (Fsp3) is 0.235. The van der Waals surface area contributed by atoms with E-state index in [9.17, 15) is 9.18 Å². The number of nitrogens with one attached hydrogen (secondary N) is 1. The van der Waals surface area contributed by atoms with E-state index in [0.717, 1.165) is 4.47 Å². The molecule has 3 rings (SSSR count). The Morgan fingerprint density at radius 3 is 2.45 bits per heavy atom. The Hall–Kier alpha value is -1.72. The Morgan fingerprint density at radius 2 is 1.82 bits per heavy atom. The Kier molecular flexibility index (Phi) is 4.02. The van der Waals surface area contributed by atoms with Gasteiger partial charge < -0.3 is 11.1 Å². The van der Waals surface area contributed by atoms with Crippen LogP contribution >= 0.6 is 15.9 Å². The van der Waals surface area contributed by atoms with Crippen molar-refractivity contribution in [2.45, 2.75) is 24.2 Å². The minimum Gasteiger partial charge on any atom is -0.347 e. The van der Waals surface area contributed by atoms with Crippen LogP contribution in [0.4, 0.5) is 4.39 Å². The van der Waals surface area contributed by atoms with E-state index in [0.29, 0.717) is 11.1 Å². The van der Waals surface area contributed by atoms with Crippen LogP contribution in [0.15, 0.2) is 59.1 Å². The summed E-state index contributed by atoms with van der Waals surface area (Å²) < 4.78 is 15.0. The molecule has 3 N–H and O–H groups in total. The molecule has 3 atom stereocenters. The minimum absolute atomic E-state index is 0.219. The molecule has 1 aliphatic rings. The van der Waals surface area contributed by atoms with Crippen molar-refractivity contribution in [2.24, 2.45) is 5.73 Å². The molecule has 1 amide bonds. The molecule has 3 nitrogen and oxygen atoms in total. The summed E-state index contributed by atoms with van der Waals surface area (Å²) in [6.07, 6.45) is -0.969. The van der Waals surface area contributed by atoms with Crippen molar-refractivity contribution in [1.29, 1.82) is 0 Å². The predicted molar refractivity (Wildman–Crippen MR) is 87.2 cm³/mol. The van der Waals surface area contributed by atoms with Gasteiger partial charge in [-0.1, -0.05) is 52.3 Å². The van der Waals surface area contributed by atoms with Gasteiger partial charge in [0.2, 0.25) is 0 Å². The molecule has 1 fully saturated rings. The molecule has 0 heterocycles. The largest absolute Gasteiger partial charge is 0.347 e. The second-order valence-corrected chi connectivity index (χ2v) is 6.36. The van der Waals surface area contributed by atoms with E-state index >= 15 is 0 Å². The van der Waals surface area contributed by atoms with Crippen LogP contribution in [0, 0.1) is 0 Å².